The maximum Gasteiger partial charge on any atom is 0.298 e. The zero-order chi connectivity index (χ0) is 14.9. The quantitative estimate of drug-likeness (QED) is 0.690. The Morgan fingerprint density at radius 2 is 1.81 bits per heavy atom. The Morgan fingerprint density at radius 3 is 2.57 bits per heavy atom. The molecule has 0 bridgehead atoms. The van der Waals surface area contributed by atoms with Crippen LogP contribution in [-0.2, 0) is 21.0 Å². The van der Waals surface area contributed by atoms with Crippen LogP contribution in [0.25, 0.3) is 11.0 Å². The van der Waals surface area contributed by atoms with Gasteiger partial charge in [-0.2, -0.15) is 8.42 Å². The molecule has 1 heterocycles. The van der Waals surface area contributed by atoms with Gasteiger partial charge in [0.05, 0.1) is 10.4 Å². The van der Waals surface area contributed by atoms with Crippen LogP contribution in [0.2, 0.25) is 0 Å². The van der Waals surface area contributed by atoms with Gasteiger partial charge in [0.2, 0.25) is 0 Å². The minimum atomic E-state index is -3.81. The van der Waals surface area contributed by atoms with Gasteiger partial charge < -0.3 is 0 Å². The summed E-state index contributed by atoms with van der Waals surface area (Å²) in [4.78, 5) is 0.123. The average Bonchev–Trinajstić information content (AvgIpc) is 2.89. The van der Waals surface area contributed by atoms with E-state index in [2.05, 4.69) is 10.3 Å². The molecule has 1 aromatic heterocycles. The highest BCUT2D eigenvalue weighted by Crippen LogP contribution is 2.15. The van der Waals surface area contributed by atoms with Gasteiger partial charge in [-0.15, -0.1) is 5.10 Å². The molecule has 0 radical (unpaired) electrons. The van der Waals surface area contributed by atoms with Crippen LogP contribution >= 0.6 is 0 Å². The Bertz CT molecular complexity index is 870. The van der Waals surface area contributed by atoms with Gasteiger partial charge in [0.1, 0.15) is 5.52 Å². The molecular weight excluding hydrogens is 290 g/mol. The van der Waals surface area contributed by atoms with Crippen LogP contribution in [0.4, 0.5) is 0 Å². The highest BCUT2D eigenvalue weighted by atomic mass is 32.2. The van der Waals surface area contributed by atoms with Crippen molar-refractivity contribution < 1.29 is 12.6 Å². The molecule has 0 amide bonds. The number of benzene rings is 2. The van der Waals surface area contributed by atoms with Crippen molar-refractivity contribution in [1.82, 2.24) is 15.0 Å². The summed E-state index contributed by atoms with van der Waals surface area (Å²) >= 11 is 0. The molecule has 0 fully saturated rings. The van der Waals surface area contributed by atoms with Crippen molar-refractivity contribution in [2.75, 3.05) is 0 Å². The summed E-state index contributed by atoms with van der Waals surface area (Å²) in [5.41, 5.74) is 2.39. The Labute approximate surface area is 122 Å². The lowest BCUT2D eigenvalue weighted by molar-refractivity contribution is 0.230. The highest BCUT2D eigenvalue weighted by molar-refractivity contribution is 7.86. The number of fused-ring (bicyclic) bond motifs is 1. The smallest absolute Gasteiger partial charge is 0.243 e. The molecule has 7 heteroatoms. The van der Waals surface area contributed by atoms with Crippen LogP contribution in [0, 0.1) is 6.92 Å². The van der Waals surface area contributed by atoms with Crippen LogP contribution in [0.1, 0.15) is 5.56 Å². The molecule has 0 aliphatic heterocycles. The molecule has 21 heavy (non-hydrogen) atoms. The molecule has 2 aromatic carbocycles. The summed E-state index contributed by atoms with van der Waals surface area (Å²) in [6.07, 6.45) is 0. The van der Waals surface area contributed by atoms with E-state index in [1.54, 1.807) is 24.3 Å². The summed E-state index contributed by atoms with van der Waals surface area (Å²) in [5.74, 6) is 0. The van der Waals surface area contributed by atoms with Gasteiger partial charge in [-0.3, -0.25) is 0 Å². The van der Waals surface area contributed by atoms with Gasteiger partial charge in [-0.1, -0.05) is 35.0 Å². The molecule has 3 rings (SSSR count). The third kappa shape index (κ3) is 2.79. The standard InChI is InChI=1S/C14H13N3O3S/c1-11-6-8-12(9-7-11)21(18,19)20-10-17-14-5-3-2-4-13(14)15-16-17/h2-9H,10H2,1H3. The maximum absolute atomic E-state index is 12.1. The average molecular weight is 303 g/mol. The van der Waals surface area contributed by atoms with Gasteiger partial charge in [-0.05, 0) is 31.2 Å². The van der Waals surface area contributed by atoms with E-state index < -0.39 is 10.1 Å². The van der Waals surface area contributed by atoms with Crippen LogP contribution in [-0.4, -0.2) is 23.4 Å². The molecule has 3 aromatic rings. The normalized spacial score (nSPS) is 11.9. The number of rotatable bonds is 4. The monoisotopic (exact) mass is 303 g/mol. The molecule has 0 unspecified atom stereocenters. The predicted octanol–water partition coefficient (Wildman–Crippen LogP) is 2.10. The van der Waals surface area contributed by atoms with Crippen molar-refractivity contribution >= 4 is 21.2 Å². The Morgan fingerprint density at radius 1 is 1.10 bits per heavy atom. The number of hydrogen-bond donors (Lipinski definition) is 0. The first-order valence-electron chi connectivity index (χ1n) is 6.30. The molecule has 0 spiro atoms. The Hall–Kier alpha value is -2.25. The minimum absolute atomic E-state index is 0.123. The first kappa shape index (κ1) is 13.7. The molecule has 0 N–H and O–H groups in total. The number of hydrogen-bond acceptors (Lipinski definition) is 5. The fraction of sp³-hybridized carbons (Fsp3) is 0.143. The predicted molar refractivity (Wildman–Crippen MR) is 77.0 cm³/mol. The molecule has 6 nitrogen and oxygen atoms in total. The third-order valence-electron chi connectivity index (χ3n) is 3.06. The molecular formula is C14H13N3O3S. The Balaban J connectivity index is 1.82. The fourth-order valence-electron chi connectivity index (χ4n) is 1.90. The van der Waals surface area contributed by atoms with Crippen molar-refractivity contribution in [2.45, 2.75) is 18.6 Å². The number of aryl methyl sites for hydroxylation is 1. The third-order valence-corrected chi connectivity index (χ3v) is 4.33. The number of aromatic nitrogens is 3. The van der Waals surface area contributed by atoms with Gasteiger partial charge in [0, 0.05) is 0 Å². The van der Waals surface area contributed by atoms with E-state index in [0.29, 0.717) is 5.52 Å². The topological polar surface area (TPSA) is 74.1 Å². The van der Waals surface area contributed by atoms with Crippen LogP contribution in [0.5, 0.6) is 0 Å². The van der Waals surface area contributed by atoms with E-state index in [1.807, 2.05) is 19.1 Å². The van der Waals surface area contributed by atoms with Crippen molar-refractivity contribution in [3.63, 3.8) is 0 Å². The van der Waals surface area contributed by atoms with Gasteiger partial charge >= 0.3 is 0 Å². The molecule has 0 atom stereocenters. The summed E-state index contributed by atoms with van der Waals surface area (Å²) in [6.45, 7) is 1.68. The molecule has 0 aliphatic rings. The zero-order valence-corrected chi connectivity index (χ0v) is 12.1. The maximum atomic E-state index is 12.1. The van der Waals surface area contributed by atoms with E-state index in [9.17, 15) is 8.42 Å². The van der Waals surface area contributed by atoms with Crippen molar-refractivity contribution in [3.8, 4) is 0 Å². The lowest BCUT2D eigenvalue weighted by Crippen LogP contribution is -2.11. The summed E-state index contributed by atoms with van der Waals surface area (Å²) in [5, 5.41) is 7.83. The minimum Gasteiger partial charge on any atom is -0.243 e. The van der Waals surface area contributed by atoms with Crippen LogP contribution in [0.15, 0.2) is 53.4 Å². The largest absolute Gasteiger partial charge is 0.298 e. The summed E-state index contributed by atoms with van der Waals surface area (Å²) < 4.78 is 30.6. The Kier molecular flexibility index (Phi) is 3.44. The molecule has 0 saturated heterocycles. The lowest BCUT2D eigenvalue weighted by atomic mass is 10.2. The van der Waals surface area contributed by atoms with Crippen LogP contribution < -0.4 is 0 Å². The number of nitrogens with zero attached hydrogens (tertiary/aromatic N) is 3. The molecule has 0 aliphatic carbocycles. The highest BCUT2D eigenvalue weighted by Gasteiger charge is 2.16. The van der Waals surface area contributed by atoms with Gasteiger partial charge in [0.15, 0.2) is 6.73 Å². The second kappa shape index (κ2) is 5.27. The van der Waals surface area contributed by atoms with Crippen molar-refractivity contribution in [3.05, 3.63) is 54.1 Å². The van der Waals surface area contributed by atoms with Crippen molar-refractivity contribution in [2.24, 2.45) is 0 Å². The van der Waals surface area contributed by atoms with E-state index >= 15 is 0 Å². The summed E-state index contributed by atoms with van der Waals surface area (Å²) in [7, 11) is -3.81. The second-order valence-electron chi connectivity index (χ2n) is 4.59. The zero-order valence-electron chi connectivity index (χ0n) is 11.3. The second-order valence-corrected chi connectivity index (χ2v) is 6.21. The van der Waals surface area contributed by atoms with Gasteiger partial charge in [0.25, 0.3) is 10.1 Å². The lowest BCUT2D eigenvalue weighted by Gasteiger charge is -2.06. The van der Waals surface area contributed by atoms with Crippen molar-refractivity contribution in [1.29, 1.82) is 0 Å². The molecule has 0 saturated carbocycles. The number of para-hydroxylation sites is 1. The first-order valence-corrected chi connectivity index (χ1v) is 7.71. The van der Waals surface area contributed by atoms with Gasteiger partial charge in [-0.25, -0.2) is 8.86 Å². The first-order chi connectivity index (χ1) is 10.1. The van der Waals surface area contributed by atoms with E-state index in [-0.39, 0.29) is 11.6 Å². The molecule has 108 valence electrons. The SMILES string of the molecule is Cc1ccc(S(=O)(=O)OCn2nnc3ccccc32)cc1. The fourth-order valence-corrected chi connectivity index (χ4v) is 2.75. The van der Waals surface area contributed by atoms with E-state index in [1.165, 1.54) is 16.8 Å². The van der Waals surface area contributed by atoms with E-state index in [0.717, 1.165) is 11.1 Å². The van der Waals surface area contributed by atoms with E-state index in [4.69, 9.17) is 4.18 Å². The summed E-state index contributed by atoms with van der Waals surface area (Å²) in [6, 6.07) is 13.8. The van der Waals surface area contributed by atoms with Crippen LogP contribution in [0.3, 0.4) is 0 Å².